The minimum absolute atomic E-state index is 0.507. The second kappa shape index (κ2) is 4.14. The Morgan fingerprint density at radius 2 is 2.13 bits per heavy atom. The van der Waals surface area contributed by atoms with Gasteiger partial charge < -0.3 is 15.6 Å². The van der Waals surface area contributed by atoms with Gasteiger partial charge in [-0.25, -0.2) is 0 Å². The minimum Gasteiger partial charge on any atom is -0.359 e. The largest absolute Gasteiger partial charge is 0.359 e. The van der Waals surface area contributed by atoms with Crippen molar-refractivity contribution in [2.45, 2.75) is 13.5 Å². The van der Waals surface area contributed by atoms with Crippen molar-refractivity contribution < 1.29 is 4.52 Å². The number of aryl methyl sites for hydroxylation is 1. The van der Waals surface area contributed by atoms with Crippen molar-refractivity contribution in [3.8, 4) is 0 Å². The standard InChI is InChI=1S/C11H13N3O/c1-8-11(7-13-15-8)14-10-5-3-2-4-9(10)6-12/h2-5,7,14H,6,12H2,1H3. The molecule has 0 amide bonds. The Balaban J connectivity index is 2.28. The van der Waals surface area contributed by atoms with Gasteiger partial charge in [0.05, 0.1) is 6.20 Å². The fraction of sp³-hybridized carbons (Fsp3) is 0.182. The molecule has 4 nitrogen and oxygen atoms in total. The van der Waals surface area contributed by atoms with Crippen LogP contribution >= 0.6 is 0 Å². The van der Waals surface area contributed by atoms with Crippen molar-refractivity contribution in [1.82, 2.24) is 5.16 Å². The highest BCUT2D eigenvalue weighted by atomic mass is 16.5. The first kappa shape index (κ1) is 9.73. The highest BCUT2D eigenvalue weighted by molar-refractivity contribution is 5.63. The first-order valence-electron chi connectivity index (χ1n) is 4.77. The van der Waals surface area contributed by atoms with Crippen molar-refractivity contribution in [1.29, 1.82) is 0 Å². The average Bonchev–Trinajstić information content (AvgIpc) is 2.65. The Morgan fingerprint density at radius 1 is 1.33 bits per heavy atom. The number of rotatable bonds is 3. The molecule has 0 aliphatic heterocycles. The van der Waals surface area contributed by atoms with Crippen molar-refractivity contribution in [3.63, 3.8) is 0 Å². The maximum atomic E-state index is 5.64. The molecule has 0 saturated heterocycles. The van der Waals surface area contributed by atoms with Crippen LogP contribution in [0, 0.1) is 6.92 Å². The molecule has 0 unspecified atom stereocenters. The van der Waals surface area contributed by atoms with E-state index in [0.717, 1.165) is 22.7 Å². The molecule has 0 spiro atoms. The summed E-state index contributed by atoms with van der Waals surface area (Å²) in [5, 5.41) is 6.94. The van der Waals surface area contributed by atoms with E-state index in [-0.39, 0.29) is 0 Å². The molecular formula is C11H13N3O. The normalized spacial score (nSPS) is 10.3. The van der Waals surface area contributed by atoms with Crippen molar-refractivity contribution in [2.24, 2.45) is 5.73 Å². The number of nitrogens with two attached hydrogens (primary N) is 1. The Labute approximate surface area is 88.1 Å². The second-order valence-electron chi connectivity index (χ2n) is 3.28. The number of nitrogens with one attached hydrogen (secondary N) is 1. The summed E-state index contributed by atoms with van der Waals surface area (Å²) in [6, 6.07) is 7.90. The van der Waals surface area contributed by atoms with Gasteiger partial charge in [0.1, 0.15) is 5.69 Å². The van der Waals surface area contributed by atoms with E-state index in [9.17, 15) is 0 Å². The van der Waals surface area contributed by atoms with Crippen molar-refractivity contribution >= 4 is 11.4 Å². The van der Waals surface area contributed by atoms with E-state index in [4.69, 9.17) is 10.3 Å². The molecule has 0 atom stereocenters. The average molecular weight is 203 g/mol. The fourth-order valence-corrected chi connectivity index (χ4v) is 1.38. The van der Waals surface area contributed by atoms with Crippen LogP contribution in [-0.2, 0) is 6.54 Å². The molecule has 0 aliphatic rings. The maximum absolute atomic E-state index is 5.64. The van der Waals surface area contributed by atoms with Gasteiger partial charge in [0.15, 0.2) is 5.76 Å². The van der Waals surface area contributed by atoms with Crippen LogP contribution < -0.4 is 11.1 Å². The molecule has 0 fully saturated rings. The van der Waals surface area contributed by atoms with E-state index in [0.29, 0.717) is 6.54 Å². The Bertz CT molecular complexity index is 451. The van der Waals surface area contributed by atoms with Gasteiger partial charge in [0.25, 0.3) is 0 Å². The summed E-state index contributed by atoms with van der Waals surface area (Å²) in [5.41, 5.74) is 8.57. The summed E-state index contributed by atoms with van der Waals surface area (Å²) in [7, 11) is 0. The zero-order valence-electron chi connectivity index (χ0n) is 8.53. The summed E-state index contributed by atoms with van der Waals surface area (Å²) in [6.07, 6.45) is 1.66. The summed E-state index contributed by atoms with van der Waals surface area (Å²) in [6.45, 7) is 2.37. The molecule has 1 aromatic heterocycles. The van der Waals surface area contributed by atoms with Crippen LogP contribution in [0.1, 0.15) is 11.3 Å². The molecule has 0 radical (unpaired) electrons. The third-order valence-corrected chi connectivity index (χ3v) is 2.26. The molecule has 1 heterocycles. The molecule has 15 heavy (non-hydrogen) atoms. The Morgan fingerprint density at radius 3 is 2.80 bits per heavy atom. The van der Waals surface area contributed by atoms with Gasteiger partial charge in [-0.1, -0.05) is 23.4 Å². The topological polar surface area (TPSA) is 64.1 Å². The predicted octanol–water partition coefficient (Wildman–Crippen LogP) is 2.19. The van der Waals surface area contributed by atoms with E-state index < -0.39 is 0 Å². The van der Waals surface area contributed by atoms with Gasteiger partial charge >= 0.3 is 0 Å². The van der Waals surface area contributed by atoms with Crippen LogP contribution in [0.4, 0.5) is 11.4 Å². The summed E-state index contributed by atoms with van der Waals surface area (Å²) in [5.74, 6) is 0.766. The van der Waals surface area contributed by atoms with Gasteiger partial charge in [-0.05, 0) is 18.6 Å². The lowest BCUT2D eigenvalue weighted by Crippen LogP contribution is -2.01. The van der Waals surface area contributed by atoms with E-state index in [1.807, 2.05) is 31.2 Å². The predicted molar refractivity (Wildman–Crippen MR) is 58.9 cm³/mol. The number of hydrogen-bond acceptors (Lipinski definition) is 4. The van der Waals surface area contributed by atoms with E-state index in [1.54, 1.807) is 6.20 Å². The van der Waals surface area contributed by atoms with Crippen LogP contribution in [0.2, 0.25) is 0 Å². The first-order chi connectivity index (χ1) is 7.31. The maximum Gasteiger partial charge on any atom is 0.157 e. The van der Waals surface area contributed by atoms with Crippen LogP contribution in [0.25, 0.3) is 0 Å². The van der Waals surface area contributed by atoms with Gasteiger partial charge in [0.2, 0.25) is 0 Å². The minimum atomic E-state index is 0.507. The lowest BCUT2D eigenvalue weighted by Gasteiger charge is -2.08. The number of aromatic nitrogens is 1. The third-order valence-electron chi connectivity index (χ3n) is 2.26. The highest BCUT2D eigenvalue weighted by Gasteiger charge is 2.05. The highest BCUT2D eigenvalue weighted by Crippen LogP contribution is 2.22. The van der Waals surface area contributed by atoms with E-state index in [2.05, 4.69) is 10.5 Å². The lowest BCUT2D eigenvalue weighted by molar-refractivity contribution is 0.398. The number of benzene rings is 1. The van der Waals surface area contributed by atoms with Crippen LogP contribution in [0.15, 0.2) is 35.0 Å². The molecular weight excluding hydrogens is 190 g/mol. The second-order valence-corrected chi connectivity index (χ2v) is 3.28. The molecule has 1 aromatic carbocycles. The molecule has 0 bridgehead atoms. The van der Waals surface area contributed by atoms with Gasteiger partial charge in [-0.15, -0.1) is 0 Å². The summed E-state index contributed by atoms with van der Waals surface area (Å²) >= 11 is 0. The fourth-order valence-electron chi connectivity index (χ4n) is 1.38. The number of nitrogens with zero attached hydrogens (tertiary/aromatic N) is 1. The van der Waals surface area contributed by atoms with Gasteiger partial charge in [-0.3, -0.25) is 0 Å². The molecule has 78 valence electrons. The van der Waals surface area contributed by atoms with Crippen molar-refractivity contribution in [3.05, 3.63) is 41.8 Å². The van der Waals surface area contributed by atoms with E-state index in [1.165, 1.54) is 0 Å². The number of anilines is 2. The van der Waals surface area contributed by atoms with Crippen LogP contribution in [0.5, 0.6) is 0 Å². The van der Waals surface area contributed by atoms with Crippen molar-refractivity contribution in [2.75, 3.05) is 5.32 Å². The molecule has 2 aromatic rings. The van der Waals surface area contributed by atoms with Crippen LogP contribution in [0.3, 0.4) is 0 Å². The van der Waals surface area contributed by atoms with Crippen LogP contribution in [-0.4, -0.2) is 5.16 Å². The zero-order valence-corrected chi connectivity index (χ0v) is 8.53. The molecule has 0 saturated carbocycles. The monoisotopic (exact) mass is 203 g/mol. The van der Waals surface area contributed by atoms with Gasteiger partial charge in [-0.2, -0.15) is 0 Å². The zero-order chi connectivity index (χ0) is 10.7. The van der Waals surface area contributed by atoms with E-state index >= 15 is 0 Å². The first-order valence-corrected chi connectivity index (χ1v) is 4.77. The summed E-state index contributed by atoms with van der Waals surface area (Å²) in [4.78, 5) is 0. The Kier molecular flexibility index (Phi) is 2.69. The van der Waals surface area contributed by atoms with Gasteiger partial charge in [0, 0.05) is 12.2 Å². The quantitative estimate of drug-likeness (QED) is 0.802. The smallest absolute Gasteiger partial charge is 0.157 e. The molecule has 0 aliphatic carbocycles. The lowest BCUT2D eigenvalue weighted by atomic mass is 10.2. The number of hydrogen-bond donors (Lipinski definition) is 2. The SMILES string of the molecule is Cc1oncc1Nc1ccccc1CN. The summed E-state index contributed by atoms with van der Waals surface area (Å²) < 4.78 is 4.97. The molecule has 4 heteroatoms. The molecule has 3 N–H and O–H groups in total. The third kappa shape index (κ3) is 1.99. The Hall–Kier alpha value is -1.81. The number of para-hydroxylation sites is 1. The molecule has 2 rings (SSSR count).